The van der Waals surface area contributed by atoms with E-state index in [9.17, 15) is 5.11 Å². The number of hydrogen-bond acceptors (Lipinski definition) is 3. The van der Waals surface area contributed by atoms with Crippen molar-refractivity contribution >= 4 is 16.6 Å². The maximum absolute atomic E-state index is 10.7. The van der Waals surface area contributed by atoms with E-state index in [-0.39, 0.29) is 16.8 Å². The van der Waals surface area contributed by atoms with Gasteiger partial charge in [0.05, 0.1) is 5.52 Å². The first-order chi connectivity index (χ1) is 11.4. The molecule has 4 rings (SSSR count). The van der Waals surface area contributed by atoms with E-state index in [1.54, 1.807) is 0 Å². The molecule has 0 saturated heterocycles. The van der Waals surface area contributed by atoms with E-state index in [0.29, 0.717) is 5.69 Å². The Bertz CT molecular complexity index is 956. The first kappa shape index (κ1) is 14.9. The van der Waals surface area contributed by atoms with Crippen LogP contribution in [0.2, 0.25) is 0 Å². The Morgan fingerprint density at radius 2 is 1.75 bits per heavy atom. The maximum Gasteiger partial charge on any atom is 0.221 e. The fraction of sp³-hybridized carbons (Fsp3) is 0.300. The lowest BCUT2D eigenvalue weighted by Crippen LogP contribution is -2.41. The highest BCUT2D eigenvalue weighted by molar-refractivity contribution is 5.98. The third-order valence-corrected chi connectivity index (χ3v) is 5.45. The highest BCUT2D eigenvalue weighted by Crippen LogP contribution is 2.54. The molecule has 0 saturated carbocycles. The molecule has 3 aromatic rings. The average Bonchev–Trinajstić information content (AvgIpc) is 2.86. The quantitative estimate of drug-likeness (QED) is 0.606. The normalized spacial score (nSPS) is 21.8. The summed E-state index contributed by atoms with van der Waals surface area (Å²) in [5.74, 6) is 0.0903. The molecule has 122 valence electrons. The maximum atomic E-state index is 10.7. The zero-order chi connectivity index (χ0) is 17.1. The highest BCUT2D eigenvalue weighted by Gasteiger charge is 2.44. The minimum atomic E-state index is -0.287. The predicted octanol–water partition coefficient (Wildman–Crippen LogP) is 5.45. The summed E-state index contributed by atoms with van der Waals surface area (Å²) in [6.45, 7) is 6.54. The molecule has 4 nitrogen and oxygen atoms in total. The molecule has 0 fully saturated rings. The van der Waals surface area contributed by atoms with Crippen LogP contribution >= 0.6 is 0 Å². The monoisotopic (exact) mass is 319 g/mol. The lowest BCUT2D eigenvalue weighted by Gasteiger charge is -2.45. The lowest BCUT2D eigenvalue weighted by molar-refractivity contribution is 0.236. The first-order valence-corrected chi connectivity index (χ1v) is 8.20. The van der Waals surface area contributed by atoms with E-state index >= 15 is 0 Å². The molecule has 4 heteroatoms. The van der Waals surface area contributed by atoms with Gasteiger partial charge in [0.25, 0.3) is 0 Å². The van der Waals surface area contributed by atoms with Crippen LogP contribution in [-0.2, 0) is 11.0 Å². The van der Waals surface area contributed by atoms with Gasteiger partial charge in [-0.25, -0.2) is 5.53 Å². The Morgan fingerprint density at radius 1 is 1.04 bits per heavy atom. The Hall–Kier alpha value is -2.62. The average molecular weight is 319 g/mol. The zero-order valence-corrected chi connectivity index (χ0v) is 14.2. The van der Waals surface area contributed by atoms with Crippen molar-refractivity contribution in [3.05, 3.63) is 59.7 Å². The van der Waals surface area contributed by atoms with Crippen LogP contribution in [0.5, 0.6) is 5.88 Å². The second-order valence-electron chi connectivity index (χ2n) is 7.51. The van der Waals surface area contributed by atoms with Gasteiger partial charge in [-0.05, 0) is 31.4 Å². The Labute approximate surface area is 141 Å². The standard InChI is InChI=1S/C20H21N3O/c1-19(2)12-20(3,13-8-5-4-6-9-13)15-11-7-10-14-16(22-21)18(24)23(19)17(14)15/h4-11,21,24H,12H2,1-3H3. The fourth-order valence-electron chi connectivity index (χ4n) is 4.56. The predicted molar refractivity (Wildman–Crippen MR) is 95.2 cm³/mol. The molecule has 0 bridgehead atoms. The summed E-state index contributed by atoms with van der Waals surface area (Å²) in [6.07, 6.45) is 0.857. The summed E-state index contributed by atoms with van der Waals surface area (Å²) in [5.41, 5.74) is 10.8. The van der Waals surface area contributed by atoms with Crippen LogP contribution < -0.4 is 0 Å². The van der Waals surface area contributed by atoms with Gasteiger partial charge in [-0.3, -0.25) is 0 Å². The molecule has 0 radical (unpaired) electrons. The fourth-order valence-corrected chi connectivity index (χ4v) is 4.56. The van der Waals surface area contributed by atoms with Gasteiger partial charge in [-0.15, -0.1) is 0 Å². The molecular formula is C20H21N3O. The Morgan fingerprint density at radius 3 is 2.42 bits per heavy atom. The number of benzene rings is 2. The Kier molecular flexibility index (Phi) is 2.92. The van der Waals surface area contributed by atoms with Crippen LogP contribution in [0, 0.1) is 5.53 Å². The van der Waals surface area contributed by atoms with E-state index in [0.717, 1.165) is 17.3 Å². The summed E-state index contributed by atoms with van der Waals surface area (Å²) in [5, 5.41) is 15.1. The molecular weight excluding hydrogens is 298 g/mol. The summed E-state index contributed by atoms with van der Waals surface area (Å²) in [7, 11) is 0. The van der Waals surface area contributed by atoms with Crippen molar-refractivity contribution in [3.8, 4) is 5.88 Å². The SMILES string of the molecule is CC1(c2ccccc2)CC(C)(C)n2c(O)c(N=N)c3cccc1c32. The molecule has 0 amide bonds. The summed E-state index contributed by atoms with van der Waals surface area (Å²) in [6, 6.07) is 16.6. The van der Waals surface area contributed by atoms with Crippen LogP contribution in [0.1, 0.15) is 38.3 Å². The number of nitrogens with one attached hydrogen (secondary N) is 1. The van der Waals surface area contributed by atoms with Gasteiger partial charge in [0.2, 0.25) is 5.88 Å². The smallest absolute Gasteiger partial charge is 0.221 e. The van der Waals surface area contributed by atoms with Crippen LogP contribution in [-0.4, -0.2) is 9.67 Å². The molecule has 2 aromatic carbocycles. The number of rotatable bonds is 2. The summed E-state index contributed by atoms with van der Waals surface area (Å²) in [4.78, 5) is 0. The van der Waals surface area contributed by atoms with Crippen molar-refractivity contribution in [2.75, 3.05) is 0 Å². The van der Waals surface area contributed by atoms with Crippen molar-refractivity contribution in [1.82, 2.24) is 4.57 Å². The molecule has 1 aliphatic rings. The van der Waals surface area contributed by atoms with E-state index in [1.165, 1.54) is 11.1 Å². The molecule has 24 heavy (non-hydrogen) atoms. The van der Waals surface area contributed by atoms with Crippen LogP contribution in [0.15, 0.2) is 53.6 Å². The molecule has 1 unspecified atom stereocenters. The third-order valence-electron chi connectivity index (χ3n) is 5.45. The van der Waals surface area contributed by atoms with E-state index in [2.05, 4.69) is 56.2 Å². The number of aromatic hydroxyl groups is 1. The van der Waals surface area contributed by atoms with Crippen LogP contribution in [0.3, 0.4) is 0 Å². The molecule has 0 aliphatic carbocycles. The molecule has 0 spiro atoms. The van der Waals surface area contributed by atoms with Gasteiger partial charge in [-0.1, -0.05) is 55.5 Å². The van der Waals surface area contributed by atoms with E-state index in [4.69, 9.17) is 5.53 Å². The van der Waals surface area contributed by atoms with E-state index in [1.807, 2.05) is 22.8 Å². The lowest BCUT2D eigenvalue weighted by atomic mass is 9.66. The molecule has 2 heterocycles. The van der Waals surface area contributed by atoms with Gasteiger partial charge in [0.1, 0.15) is 0 Å². The number of hydrogen-bond donors (Lipinski definition) is 2. The van der Waals surface area contributed by atoms with Crippen molar-refractivity contribution in [2.45, 2.75) is 38.1 Å². The van der Waals surface area contributed by atoms with Crippen molar-refractivity contribution in [1.29, 1.82) is 5.53 Å². The molecule has 1 aliphatic heterocycles. The minimum Gasteiger partial charge on any atom is -0.493 e. The van der Waals surface area contributed by atoms with Crippen molar-refractivity contribution in [2.24, 2.45) is 5.11 Å². The number of nitrogens with zero attached hydrogens (tertiary/aromatic N) is 2. The topological polar surface area (TPSA) is 61.4 Å². The van der Waals surface area contributed by atoms with Gasteiger partial charge in [0.15, 0.2) is 5.69 Å². The second kappa shape index (κ2) is 4.69. The molecule has 1 atom stereocenters. The van der Waals surface area contributed by atoms with Gasteiger partial charge < -0.3 is 9.67 Å². The zero-order valence-electron chi connectivity index (χ0n) is 14.2. The summed E-state index contributed by atoms with van der Waals surface area (Å²) < 4.78 is 1.95. The number of aromatic nitrogens is 1. The molecule has 2 N–H and O–H groups in total. The largest absolute Gasteiger partial charge is 0.493 e. The van der Waals surface area contributed by atoms with Crippen LogP contribution in [0.4, 0.5) is 5.69 Å². The van der Waals surface area contributed by atoms with Gasteiger partial charge >= 0.3 is 0 Å². The Balaban J connectivity index is 2.16. The molecule has 1 aromatic heterocycles. The third kappa shape index (κ3) is 1.74. The highest BCUT2D eigenvalue weighted by atomic mass is 16.3. The van der Waals surface area contributed by atoms with Gasteiger partial charge in [-0.2, -0.15) is 5.11 Å². The first-order valence-electron chi connectivity index (χ1n) is 8.20. The second-order valence-corrected chi connectivity index (χ2v) is 7.51. The van der Waals surface area contributed by atoms with Crippen molar-refractivity contribution < 1.29 is 5.11 Å². The van der Waals surface area contributed by atoms with Crippen molar-refractivity contribution in [3.63, 3.8) is 0 Å². The number of para-hydroxylation sites is 1. The minimum absolute atomic E-state index is 0.0903. The van der Waals surface area contributed by atoms with E-state index < -0.39 is 0 Å². The summed E-state index contributed by atoms with van der Waals surface area (Å²) >= 11 is 0. The van der Waals surface area contributed by atoms with Crippen LogP contribution in [0.25, 0.3) is 10.9 Å². The van der Waals surface area contributed by atoms with Gasteiger partial charge in [0, 0.05) is 16.3 Å².